The molecule has 1 aromatic rings. The molecule has 0 fully saturated rings. The molecule has 6 heteroatoms. The first kappa shape index (κ1) is 19.2. The van der Waals surface area contributed by atoms with Crippen molar-refractivity contribution in [3.05, 3.63) is 28.2 Å². The molecule has 0 spiro atoms. The predicted molar refractivity (Wildman–Crippen MR) is 87.7 cm³/mol. The summed E-state index contributed by atoms with van der Waals surface area (Å²) in [6.07, 6.45) is 0. The van der Waals surface area contributed by atoms with E-state index in [2.05, 4.69) is 15.9 Å². The van der Waals surface area contributed by atoms with Crippen molar-refractivity contribution in [2.24, 2.45) is 11.1 Å². The Morgan fingerprint density at radius 1 is 1.45 bits per heavy atom. The summed E-state index contributed by atoms with van der Waals surface area (Å²) in [6, 6.07) is 5.31. The summed E-state index contributed by atoms with van der Waals surface area (Å²) in [5.74, 6) is 0.686. The van der Waals surface area contributed by atoms with E-state index in [0.29, 0.717) is 24.4 Å². The number of amides is 1. The average Bonchev–Trinajstić information content (AvgIpc) is 2.37. The molecule has 0 aliphatic rings. The lowest BCUT2D eigenvalue weighted by atomic mass is 9.93. The van der Waals surface area contributed by atoms with Crippen LogP contribution in [0.25, 0.3) is 0 Å². The first-order valence-corrected chi connectivity index (χ1v) is 6.89. The highest BCUT2D eigenvalue weighted by atomic mass is 79.9. The fourth-order valence-electron chi connectivity index (χ4n) is 1.80. The molecule has 1 rings (SSSR count). The molecule has 1 amide bonds. The van der Waals surface area contributed by atoms with Crippen LogP contribution in [0.5, 0.6) is 5.75 Å². The summed E-state index contributed by atoms with van der Waals surface area (Å²) >= 11 is 3.38. The minimum Gasteiger partial charge on any atom is -0.496 e. The van der Waals surface area contributed by atoms with Crippen molar-refractivity contribution in [1.82, 2.24) is 4.90 Å². The van der Waals surface area contributed by atoms with Gasteiger partial charge in [-0.3, -0.25) is 4.79 Å². The molecule has 0 aliphatic heterocycles. The Bertz CT molecular complexity index is 466. The Balaban J connectivity index is 0.00000361. The summed E-state index contributed by atoms with van der Waals surface area (Å²) < 4.78 is 5.92. The Morgan fingerprint density at radius 3 is 2.50 bits per heavy atom. The van der Waals surface area contributed by atoms with Gasteiger partial charge in [0.2, 0.25) is 0 Å². The lowest BCUT2D eigenvalue weighted by Gasteiger charge is -2.29. The van der Waals surface area contributed by atoms with Crippen LogP contribution in [0.3, 0.4) is 0 Å². The van der Waals surface area contributed by atoms with Gasteiger partial charge in [0.25, 0.3) is 5.91 Å². The van der Waals surface area contributed by atoms with Crippen molar-refractivity contribution in [3.63, 3.8) is 0 Å². The Labute approximate surface area is 135 Å². The first-order valence-electron chi connectivity index (χ1n) is 6.10. The SMILES string of the molecule is COc1ccc(C(=O)N(C)CC(C)(C)CN)cc1Br.Cl. The second-order valence-electron chi connectivity index (χ2n) is 5.38. The van der Waals surface area contributed by atoms with Gasteiger partial charge in [-0.1, -0.05) is 13.8 Å². The highest BCUT2D eigenvalue weighted by molar-refractivity contribution is 9.10. The van der Waals surface area contributed by atoms with Crippen molar-refractivity contribution in [2.45, 2.75) is 13.8 Å². The molecule has 4 nitrogen and oxygen atoms in total. The van der Waals surface area contributed by atoms with Crippen molar-refractivity contribution < 1.29 is 9.53 Å². The van der Waals surface area contributed by atoms with E-state index in [9.17, 15) is 4.79 Å². The number of ether oxygens (including phenoxy) is 1. The fourth-order valence-corrected chi connectivity index (χ4v) is 2.34. The molecule has 0 saturated carbocycles. The number of rotatable bonds is 5. The lowest BCUT2D eigenvalue weighted by Crippen LogP contribution is -2.39. The second kappa shape index (κ2) is 7.86. The van der Waals surface area contributed by atoms with Gasteiger partial charge in [-0.05, 0) is 46.1 Å². The number of benzene rings is 1. The standard InChI is InChI=1S/C14H21BrN2O2.ClH/c1-14(2,8-16)9-17(3)13(18)10-5-6-12(19-4)11(15)7-10;/h5-7H,8-9,16H2,1-4H3;1H. The van der Waals surface area contributed by atoms with Crippen LogP contribution in [0.2, 0.25) is 0 Å². The molecule has 0 saturated heterocycles. The molecule has 114 valence electrons. The number of methoxy groups -OCH3 is 1. The van der Waals surface area contributed by atoms with E-state index in [0.717, 1.165) is 4.47 Å². The van der Waals surface area contributed by atoms with Crippen LogP contribution in [0.15, 0.2) is 22.7 Å². The molecule has 0 heterocycles. The largest absolute Gasteiger partial charge is 0.496 e. The fraction of sp³-hybridized carbons (Fsp3) is 0.500. The van der Waals surface area contributed by atoms with E-state index >= 15 is 0 Å². The zero-order valence-corrected chi connectivity index (χ0v) is 14.7. The average molecular weight is 366 g/mol. The van der Waals surface area contributed by atoms with Gasteiger partial charge in [0.05, 0.1) is 11.6 Å². The maximum absolute atomic E-state index is 12.3. The van der Waals surface area contributed by atoms with Crippen LogP contribution in [-0.2, 0) is 0 Å². The highest BCUT2D eigenvalue weighted by Gasteiger charge is 2.22. The third kappa shape index (κ3) is 4.96. The third-order valence-corrected chi connectivity index (χ3v) is 3.58. The van der Waals surface area contributed by atoms with Gasteiger partial charge in [-0.25, -0.2) is 0 Å². The van der Waals surface area contributed by atoms with Gasteiger partial charge in [-0.2, -0.15) is 0 Å². The first-order chi connectivity index (χ1) is 8.80. The number of hydrogen-bond acceptors (Lipinski definition) is 3. The van der Waals surface area contributed by atoms with E-state index in [1.165, 1.54) is 0 Å². The minimum atomic E-state index is -0.0892. The smallest absolute Gasteiger partial charge is 0.253 e. The molecule has 0 unspecified atom stereocenters. The Morgan fingerprint density at radius 2 is 2.05 bits per heavy atom. The molecule has 0 aromatic heterocycles. The normalized spacial score (nSPS) is 10.7. The Kier molecular flexibility index (Phi) is 7.55. The zero-order chi connectivity index (χ0) is 14.6. The van der Waals surface area contributed by atoms with Crippen LogP contribution in [0, 0.1) is 5.41 Å². The van der Waals surface area contributed by atoms with Crippen LogP contribution < -0.4 is 10.5 Å². The van der Waals surface area contributed by atoms with Crippen molar-refractivity contribution in [3.8, 4) is 5.75 Å². The predicted octanol–water partition coefficient (Wildman–Crippen LogP) is 2.94. The molecular formula is C14H22BrClN2O2. The van der Waals surface area contributed by atoms with Gasteiger partial charge >= 0.3 is 0 Å². The van der Waals surface area contributed by atoms with E-state index in [1.807, 2.05) is 13.8 Å². The van der Waals surface area contributed by atoms with E-state index in [-0.39, 0.29) is 23.7 Å². The van der Waals surface area contributed by atoms with E-state index in [1.54, 1.807) is 37.3 Å². The van der Waals surface area contributed by atoms with Crippen molar-refractivity contribution in [2.75, 3.05) is 27.2 Å². The quantitative estimate of drug-likeness (QED) is 0.873. The van der Waals surface area contributed by atoms with Gasteiger partial charge in [0.1, 0.15) is 5.75 Å². The molecule has 0 bridgehead atoms. The summed E-state index contributed by atoms with van der Waals surface area (Å²) in [5, 5.41) is 0. The number of halogens is 2. The minimum absolute atomic E-state index is 0. The summed E-state index contributed by atoms with van der Waals surface area (Å²) in [7, 11) is 3.38. The summed E-state index contributed by atoms with van der Waals surface area (Å²) in [4.78, 5) is 14.0. The molecule has 2 N–H and O–H groups in total. The second-order valence-corrected chi connectivity index (χ2v) is 6.23. The van der Waals surface area contributed by atoms with Gasteiger partial charge in [-0.15, -0.1) is 12.4 Å². The van der Waals surface area contributed by atoms with Crippen molar-refractivity contribution in [1.29, 1.82) is 0 Å². The Hall–Kier alpha value is -0.780. The maximum atomic E-state index is 12.3. The number of nitrogens with two attached hydrogens (primary N) is 1. The van der Waals surface area contributed by atoms with Crippen LogP contribution in [-0.4, -0.2) is 38.1 Å². The molecule has 20 heavy (non-hydrogen) atoms. The molecular weight excluding hydrogens is 344 g/mol. The van der Waals surface area contributed by atoms with E-state index < -0.39 is 0 Å². The topological polar surface area (TPSA) is 55.6 Å². The van der Waals surface area contributed by atoms with Crippen molar-refractivity contribution >= 4 is 34.2 Å². The lowest BCUT2D eigenvalue weighted by molar-refractivity contribution is 0.0740. The molecule has 0 aliphatic carbocycles. The number of carbonyl (C=O) groups is 1. The van der Waals surface area contributed by atoms with Crippen LogP contribution >= 0.6 is 28.3 Å². The number of nitrogens with zero attached hydrogens (tertiary/aromatic N) is 1. The zero-order valence-electron chi connectivity index (χ0n) is 12.3. The van der Waals surface area contributed by atoms with Crippen LogP contribution in [0.1, 0.15) is 24.2 Å². The number of carbonyl (C=O) groups excluding carboxylic acids is 1. The molecule has 1 aromatic carbocycles. The van der Waals surface area contributed by atoms with Gasteiger partial charge in [0, 0.05) is 19.2 Å². The molecule has 0 atom stereocenters. The van der Waals surface area contributed by atoms with Gasteiger partial charge < -0.3 is 15.4 Å². The number of hydrogen-bond donors (Lipinski definition) is 1. The van der Waals surface area contributed by atoms with Gasteiger partial charge in [0.15, 0.2) is 0 Å². The highest BCUT2D eigenvalue weighted by Crippen LogP contribution is 2.26. The van der Waals surface area contributed by atoms with E-state index in [4.69, 9.17) is 10.5 Å². The third-order valence-electron chi connectivity index (χ3n) is 2.96. The summed E-state index contributed by atoms with van der Waals surface area (Å²) in [6.45, 7) is 5.24. The van der Waals surface area contributed by atoms with Crippen LogP contribution in [0.4, 0.5) is 0 Å². The molecule has 0 radical (unpaired) electrons. The maximum Gasteiger partial charge on any atom is 0.253 e. The monoisotopic (exact) mass is 364 g/mol. The summed E-state index contributed by atoms with van der Waals surface area (Å²) in [5.41, 5.74) is 6.23.